The van der Waals surface area contributed by atoms with Gasteiger partial charge in [0.25, 0.3) is 0 Å². The Morgan fingerprint density at radius 2 is 2.21 bits per heavy atom. The first kappa shape index (κ1) is 14.2. The molecule has 0 aromatic heterocycles. The number of anilines is 1. The molecule has 0 aliphatic carbocycles. The van der Waals surface area contributed by atoms with Gasteiger partial charge in [0.05, 0.1) is 10.6 Å². The molecule has 1 atom stereocenters. The van der Waals surface area contributed by atoms with Crippen LogP contribution in [0.2, 0.25) is 5.02 Å². The number of nitrogens with two attached hydrogens (primary N) is 1. The molecule has 0 bridgehead atoms. The summed E-state index contributed by atoms with van der Waals surface area (Å²) in [6, 6.07) is 5.93. The molecule has 1 aromatic rings. The van der Waals surface area contributed by atoms with Crippen LogP contribution in [-0.4, -0.2) is 32.1 Å². The third-order valence-corrected chi connectivity index (χ3v) is 4.03. The Hall–Kier alpha value is -1.26. The van der Waals surface area contributed by atoms with Crippen LogP contribution in [0.4, 0.5) is 5.69 Å². The highest BCUT2D eigenvalue weighted by Gasteiger charge is 2.18. The smallest absolute Gasteiger partial charge is 0.250 e. The molecule has 1 heterocycles. The van der Waals surface area contributed by atoms with Crippen LogP contribution in [-0.2, 0) is 0 Å². The molecule has 1 aromatic carbocycles. The van der Waals surface area contributed by atoms with E-state index in [1.54, 1.807) is 6.07 Å². The van der Waals surface area contributed by atoms with Gasteiger partial charge in [0.2, 0.25) is 5.91 Å². The van der Waals surface area contributed by atoms with Crippen LogP contribution >= 0.6 is 11.6 Å². The van der Waals surface area contributed by atoms with Gasteiger partial charge < -0.3 is 16.0 Å². The highest BCUT2D eigenvalue weighted by atomic mass is 35.5. The Morgan fingerprint density at radius 3 is 2.89 bits per heavy atom. The first-order valence-electron chi connectivity index (χ1n) is 6.62. The number of hydrogen-bond acceptors (Lipinski definition) is 3. The fourth-order valence-electron chi connectivity index (χ4n) is 2.52. The molecule has 1 aliphatic rings. The van der Waals surface area contributed by atoms with E-state index in [1.807, 2.05) is 12.1 Å². The van der Waals surface area contributed by atoms with Crippen LogP contribution in [0.1, 0.15) is 29.6 Å². The summed E-state index contributed by atoms with van der Waals surface area (Å²) in [4.78, 5) is 13.4. The van der Waals surface area contributed by atoms with Crippen molar-refractivity contribution in [3.8, 4) is 0 Å². The maximum atomic E-state index is 11.2. The predicted molar refractivity (Wildman–Crippen MR) is 78.9 cm³/mol. The summed E-state index contributed by atoms with van der Waals surface area (Å²) in [7, 11) is 2.07. The first-order chi connectivity index (χ1) is 9.09. The molecule has 2 rings (SSSR count). The molecule has 4 nitrogen and oxygen atoms in total. The van der Waals surface area contributed by atoms with Crippen LogP contribution in [0, 0.1) is 0 Å². The molecule has 1 saturated heterocycles. The molecule has 19 heavy (non-hydrogen) atoms. The lowest BCUT2D eigenvalue weighted by Gasteiger charge is -2.29. The number of nitrogens with zero attached hydrogens (tertiary/aromatic N) is 1. The Balaban J connectivity index is 2.16. The minimum atomic E-state index is -0.488. The molecule has 1 aliphatic heterocycles. The minimum Gasteiger partial charge on any atom is -0.372 e. The van der Waals surface area contributed by atoms with E-state index in [0.717, 1.165) is 25.2 Å². The molecule has 3 N–H and O–H groups in total. The van der Waals surface area contributed by atoms with E-state index in [2.05, 4.69) is 17.3 Å². The number of rotatable bonds is 3. The fourth-order valence-corrected chi connectivity index (χ4v) is 2.79. The molecular weight excluding hydrogens is 262 g/mol. The summed E-state index contributed by atoms with van der Waals surface area (Å²) in [6.45, 7) is 2.13. The molecule has 1 fully saturated rings. The number of halogens is 1. The average molecular weight is 282 g/mol. The highest BCUT2D eigenvalue weighted by molar-refractivity contribution is 6.34. The highest BCUT2D eigenvalue weighted by Crippen LogP contribution is 2.26. The number of nitrogens with one attached hydrogen (secondary N) is 1. The zero-order valence-electron chi connectivity index (χ0n) is 11.2. The lowest BCUT2D eigenvalue weighted by Crippen LogP contribution is -2.32. The van der Waals surface area contributed by atoms with Gasteiger partial charge in [0.1, 0.15) is 0 Å². The summed E-state index contributed by atoms with van der Waals surface area (Å²) >= 11 is 6.10. The average Bonchev–Trinajstić information content (AvgIpc) is 2.66. The Bertz CT molecular complexity index is 456. The fraction of sp³-hybridized carbons (Fsp3) is 0.500. The van der Waals surface area contributed by atoms with E-state index in [0.29, 0.717) is 16.6 Å². The zero-order chi connectivity index (χ0) is 13.8. The van der Waals surface area contributed by atoms with Crippen molar-refractivity contribution in [2.45, 2.75) is 25.3 Å². The van der Waals surface area contributed by atoms with Crippen molar-refractivity contribution in [2.75, 3.05) is 25.0 Å². The van der Waals surface area contributed by atoms with E-state index >= 15 is 0 Å². The molecule has 5 heteroatoms. The Morgan fingerprint density at radius 1 is 1.42 bits per heavy atom. The van der Waals surface area contributed by atoms with Gasteiger partial charge in [-0.15, -0.1) is 0 Å². The summed E-state index contributed by atoms with van der Waals surface area (Å²) in [5, 5.41) is 3.83. The second-order valence-electron chi connectivity index (χ2n) is 4.97. The zero-order valence-corrected chi connectivity index (χ0v) is 11.9. The monoisotopic (exact) mass is 281 g/mol. The standard InChI is InChI=1S/C14H20ClN3O/c1-18(10-3-2-7-17-8-6-10)11-4-5-12(14(16)19)13(15)9-11/h4-5,9-10,17H,2-3,6-8H2,1H3,(H2,16,19). The number of hydrogen-bond donors (Lipinski definition) is 2. The van der Waals surface area contributed by atoms with Gasteiger partial charge in [-0.25, -0.2) is 0 Å². The molecule has 0 spiro atoms. The summed E-state index contributed by atoms with van der Waals surface area (Å²) < 4.78 is 0. The summed E-state index contributed by atoms with van der Waals surface area (Å²) in [6.07, 6.45) is 3.46. The normalized spacial score (nSPS) is 19.8. The van der Waals surface area contributed by atoms with Crippen LogP contribution in [0.25, 0.3) is 0 Å². The van der Waals surface area contributed by atoms with Gasteiger partial charge in [-0.2, -0.15) is 0 Å². The molecule has 1 unspecified atom stereocenters. The SMILES string of the molecule is CN(c1ccc(C(N)=O)c(Cl)c1)C1CCCNCC1. The number of primary amides is 1. The van der Waals surface area contributed by atoms with E-state index in [1.165, 1.54) is 12.8 Å². The Kier molecular flexibility index (Phi) is 4.66. The van der Waals surface area contributed by atoms with E-state index in [9.17, 15) is 4.79 Å². The van der Waals surface area contributed by atoms with Crippen LogP contribution in [0.5, 0.6) is 0 Å². The lowest BCUT2D eigenvalue weighted by atomic mass is 10.1. The number of amides is 1. The third kappa shape index (κ3) is 3.39. The number of carbonyl (C=O) groups is 1. The maximum Gasteiger partial charge on any atom is 0.250 e. The van der Waals surface area contributed by atoms with Gasteiger partial charge in [0, 0.05) is 18.8 Å². The van der Waals surface area contributed by atoms with Gasteiger partial charge in [-0.05, 0) is 50.6 Å². The van der Waals surface area contributed by atoms with Crippen molar-refractivity contribution < 1.29 is 4.79 Å². The largest absolute Gasteiger partial charge is 0.372 e. The van der Waals surface area contributed by atoms with Crippen molar-refractivity contribution in [3.63, 3.8) is 0 Å². The van der Waals surface area contributed by atoms with Gasteiger partial charge in [-0.3, -0.25) is 4.79 Å². The minimum absolute atomic E-state index is 0.376. The van der Waals surface area contributed by atoms with Crippen molar-refractivity contribution in [1.29, 1.82) is 0 Å². The van der Waals surface area contributed by atoms with Gasteiger partial charge >= 0.3 is 0 Å². The third-order valence-electron chi connectivity index (χ3n) is 3.72. The molecule has 0 saturated carbocycles. The molecule has 104 valence electrons. The van der Waals surface area contributed by atoms with Crippen molar-refractivity contribution in [2.24, 2.45) is 5.73 Å². The van der Waals surface area contributed by atoms with Crippen LogP contribution < -0.4 is 16.0 Å². The summed E-state index contributed by atoms with van der Waals surface area (Å²) in [5.74, 6) is -0.488. The number of carbonyl (C=O) groups excluding carboxylic acids is 1. The maximum absolute atomic E-state index is 11.2. The van der Waals surface area contributed by atoms with Crippen LogP contribution in [0.3, 0.4) is 0 Å². The summed E-state index contributed by atoms with van der Waals surface area (Å²) in [5.41, 5.74) is 6.66. The van der Waals surface area contributed by atoms with E-state index in [4.69, 9.17) is 17.3 Å². The Labute approximate surface area is 118 Å². The molecular formula is C14H20ClN3O. The topological polar surface area (TPSA) is 58.4 Å². The first-order valence-corrected chi connectivity index (χ1v) is 7.00. The van der Waals surface area contributed by atoms with Crippen molar-refractivity contribution >= 4 is 23.2 Å². The van der Waals surface area contributed by atoms with Crippen molar-refractivity contribution in [1.82, 2.24) is 5.32 Å². The molecule has 1 amide bonds. The van der Waals surface area contributed by atoms with E-state index < -0.39 is 5.91 Å². The predicted octanol–water partition coefficient (Wildman–Crippen LogP) is 2.02. The van der Waals surface area contributed by atoms with E-state index in [-0.39, 0.29) is 0 Å². The van der Waals surface area contributed by atoms with Gasteiger partial charge in [-0.1, -0.05) is 11.6 Å². The molecule has 0 radical (unpaired) electrons. The second-order valence-corrected chi connectivity index (χ2v) is 5.38. The quantitative estimate of drug-likeness (QED) is 0.891. The van der Waals surface area contributed by atoms with Gasteiger partial charge in [0.15, 0.2) is 0 Å². The van der Waals surface area contributed by atoms with Crippen molar-refractivity contribution in [3.05, 3.63) is 28.8 Å². The van der Waals surface area contributed by atoms with Crippen LogP contribution in [0.15, 0.2) is 18.2 Å². The lowest BCUT2D eigenvalue weighted by molar-refractivity contribution is 0.100. The second kappa shape index (κ2) is 6.26. The number of benzene rings is 1.